The summed E-state index contributed by atoms with van der Waals surface area (Å²) in [6.07, 6.45) is 2.05. The average molecular weight is 614 g/mol. The molecule has 0 radical (unpaired) electrons. The van der Waals surface area contributed by atoms with E-state index in [1.54, 1.807) is 29.2 Å². The molecule has 9 nitrogen and oxygen atoms in total. The summed E-state index contributed by atoms with van der Waals surface area (Å²) in [6.45, 7) is 8.16. The van der Waals surface area contributed by atoms with Gasteiger partial charge in [-0.1, -0.05) is 51.1 Å². The van der Waals surface area contributed by atoms with Crippen LogP contribution in [0, 0.1) is 17.8 Å². The van der Waals surface area contributed by atoms with Crippen molar-refractivity contribution in [1.82, 2.24) is 4.90 Å². The van der Waals surface area contributed by atoms with E-state index in [0.29, 0.717) is 49.4 Å². The first kappa shape index (κ1) is 31.0. The highest BCUT2D eigenvalue weighted by Gasteiger charge is 2.79. The smallest absolute Gasteiger partial charge is 0.250 e. The molecular formula is C36H43N3O6. The Morgan fingerprint density at radius 3 is 2.33 bits per heavy atom. The number of nitrogens with zero attached hydrogens (tertiary/aromatic N) is 1. The number of amides is 3. The highest BCUT2D eigenvalue weighted by atomic mass is 16.5. The predicted octanol–water partition coefficient (Wildman–Crippen LogP) is 5.38. The van der Waals surface area contributed by atoms with E-state index in [0.717, 1.165) is 10.8 Å². The Balaban J connectivity index is 1.37. The number of carbonyl (C=O) groups is 3. The molecule has 3 aromatic carbocycles. The first-order valence-electron chi connectivity index (χ1n) is 16.1. The van der Waals surface area contributed by atoms with Crippen LogP contribution in [0.2, 0.25) is 0 Å². The number of aliphatic hydroxyl groups excluding tert-OH is 1. The number of anilines is 2. The third kappa shape index (κ3) is 5.25. The highest BCUT2D eigenvalue weighted by molar-refractivity contribution is 6.06. The summed E-state index contributed by atoms with van der Waals surface area (Å²) in [5.41, 5.74) is -0.875. The number of carbonyl (C=O) groups excluding carboxylic acids is 3. The summed E-state index contributed by atoms with van der Waals surface area (Å²) >= 11 is 0. The molecule has 3 aromatic rings. The van der Waals surface area contributed by atoms with Crippen LogP contribution < -0.4 is 15.4 Å². The van der Waals surface area contributed by atoms with Crippen LogP contribution in [0.25, 0.3) is 10.8 Å². The van der Waals surface area contributed by atoms with Crippen molar-refractivity contribution in [1.29, 1.82) is 0 Å². The lowest BCUT2D eigenvalue weighted by atomic mass is 9.65. The second-order valence-electron chi connectivity index (χ2n) is 13.0. The molecule has 3 heterocycles. The quantitative estimate of drug-likeness (QED) is 0.268. The van der Waals surface area contributed by atoms with Crippen molar-refractivity contribution in [2.24, 2.45) is 17.8 Å². The fraction of sp³-hybridized carbons (Fsp3) is 0.472. The minimum Gasteiger partial charge on any atom is -0.494 e. The van der Waals surface area contributed by atoms with Gasteiger partial charge in [-0.05, 0) is 85.7 Å². The average Bonchev–Trinajstić information content (AvgIpc) is 3.64. The van der Waals surface area contributed by atoms with Gasteiger partial charge in [-0.25, -0.2) is 0 Å². The third-order valence-corrected chi connectivity index (χ3v) is 9.95. The normalized spacial score (nSPS) is 27.6. The van der Waals surface area contributed by atoms with Crippen LogP contribution in [0.15, 0.2) is 66.7 Å². The molecule has 3 aliphatic rings. The molecule has 3 saturated heterocycles. The monoisotopic (exact) mass is 613 g/mol. The zero-order valence-electron chi connectivity index (χ0n) is 26.4. The van der Waals surface area contributed by atoms with E-state index in [2.05, 4.69) is 10.6 Å². The first-order valence-corrected chi connectivity index (χ1v) is 16.1. The van der Waals surface area contributed by atoms with Gasteiger partial charge in [0.25, 0.3) is 0 Å². The lowest BCUT2D eigenvalue weighted by Gasteiger charge is -2.37. The Kier molecular flexibility index (Phi) is 8.35. The number of aliphatic hydroxyl groups is 1. The molecule has 3 amide bonds. The van der Waals surface area contributed by atoms with Crippen molar-refractivity contribution in [3.05, 3.63) is 66.7 Å². The van der Waals surface area contributed by atoms with Crippen molar-refractivity contribution in [3.8, 4) is 5.75 Å². The fourth-order valence-electron chi connectivity index (χ4n) is 8.07. The lowest BCUT2D eigenvalue weighted by Crippen LogP contribution is -2.56. The number of ether oxygens (including phenoxy) is 2. The number of likely N-dealkylation sites (tertiary alicyclic amines) is 1. The maximum Gasteiger partial charge on any atom is 0.250 e. The third-order valence-electron chi connectivity index (χ3n) is 9.95. The Bertz CT molecular complexity index is 1590. The molecule has 6 rings (SSSR count). The van der Waals surface area contributed by atoms with Crippen LogP contribution in [0.4, 0.5) is 11.4 Å². The van der Waals surface area contributed by atoms with E-state index in [1.807, 2.05) is 70.2 Å². The van der Waals surface area contributed by atoms with Gasteiger partial charge in [0.1, 0.15) is 17.4 Å². The number of hydrogen-bond donors (Lipinski definition) is 3. The van der Waals surface area contributed by atoms with Gasteiger partial charge in [0.2, 0.25) is 17.7 Å². The van der Waals surface area contributed by atoms with Gasteiger partial charge in [0.15, 0.2) is 0 Å². The molecule has 3 aliphatic heterocycles. The summed E-state index contributed by atoms with van der Waals surface area (Å²) in [4.78, 5) is 44.7. The van der Waals surface area contributed by atoms with Crippen molar-refractivity contribution in [2.45, 2.75) is 76.7 Å². The van der Waals surface area contributed by atoms with Gasteiger partial charge in [0, 0.05) is 11.4 Å². The molecule has 3 fully saturated rings. The van der Waals surface area contributed by atoms with Gasteiger partial charge < -0.3 is 30.1 Å². The molecule has 2 bridgehead atoms. The fourth-order valence-corrected chi connectivity index (χ4v) is 8.07. The lowest BCUT2D eigenvalue weighted by molar-refractivity contribution is -0.148. The van der Waals surface area contributed by atoms with E-state index < -0.39 is 35.1 Å². The molecule has 0 saturated carbocycles. The van der Waals surface area contributed by atoms with Gasteiger partial charge in [-0.15, -0.1) is 0 Å². The molecule has 238 valence electrons. The molecule has 45 heavy (non-hydrogen) atoms. The number of benzene rings is 3. The maximum absolute atomic E-state index is 14.6. The van der Waals surface area contributed by atoms with Crippen molar-refractivity contribution in [3.63, 3.8) is 0 Å². The van der Waals surface area contributed by atoms with Gasteiger partial charge in [-0.3, -0.25) is 14.4 Å². The van der Waals surface area contributed by atoms with E-state index in [9.17, 15) is 19.5 Å². The van der Waals surface area contributed by atoms with E-state index in [-0.39, 0.29) is 30.2 Å². The van der Waals surface area contributed by atoms with Crippen LogP contribution in [-0.2, 0) is 19.1 Å². The minimum atomic E-state index is -1.20. The van der Waals surface area contributed by atoms with Crippen LogP contribution in [0.3, 0.4) is 0 Å². The Labute approximate surface area is 264 Å². The zero-order chi connectivity index (χ0) is 31.9. The molecule has 6 atom stereocenters. The second-order valence-corrected chi connectivity index (χ2v) is 13.0. The summed E-state index contributed by atoms with van der Waals surface area (Å²) in [5, 5.41) is 18.7. The molecule has 0 aromatic heterocycles. The number of hydrogen-bond acceptors (Lipinski definition) is 6. The molecule has 1 spiro atoms. The molecule has 2 unspecified atom stereocenters. The number of nitrogens with one attached hydrogen (secondary N) is 2. The van der Waals surface area contributed by atoms with Crippen molar-refractivity contribution < 1.29 is 29.0 Å². The van der Waals surface area contributed by atoms with Crippen LogP contribution in [-0.4, -0.2) is 64.2 Å². The Morgan fingerprint density at radius 2 is 1.67 bits per heavy atom. The Hall–Kier alpha value is -3.95. The molecule has 3 N–H and O–H groups in total. The van der Waals surface area contributed by atoms with Crippen LogP contribution in [0.1, 0.15) is 53.4 Å². The van der Waals surface area contributed by atoms with Crippen molar-refractivity contribution >= 4 is 39.9 Å². The van der Waals surface area contributed by atoms with Crippen LogP contribution in [0.5, 0.6) is 5.75 Å². The predicted molar refractivity (Wildman–Crippen MR) is 173 cm³/mol. The van der Waals surface area contributed by atoms with E-state index in [1.165, 1.54) is 0 Å². The standard InChI is InChI=1S/C36H43N3O6/c1-5-35-17-18-36(45-35)30(29(35)32(41)37-25-13-15-28(16-14-25)44-6-2)34(43)39(27(21-40)19-22(3)4)31(36)33(42)38-26-12-11-23-9-7-8-10-24(23)20-26/h7-16,20,22,27,29-31,40H,5-6,17-19,21H2,1-4H3,(H,37,41)(H,38,42)/t27-,29+,30+,31?,35-,36?/m1/s1. The van der Waals surface area contributed by atoms with Crippen molar-refractivity contribution in [2.75, 3.05) is 23.8 Å². The molecule has 0 aliphatic carbocycles. The summed E-state index contributed by atoms with van der Waals surface area (Å²) in [5.74, 6) is -1.78. The SMILES string of the molecule is CCOc1ccc(NC(=O)[C@@H]2[C@H]3C(=O)N([C@@H](CO)CC(C)C)C(C(=O)Nc4ccc5ccccc5c4)C34CC[C@@]2(CC)O4)cc1. The summed E-state index contributed by atoms with van der Waals surface area (Å²) < 4.78 is 12.4. The van der Waals surface area contributed by atoms with E-state index >= 15 is 0 Å². The molecular weight excluding hydrogens is 570 g/mol. The molecule has 9 heteroatoms. The first-order chi connectivity index (χ1) is 21.7. The van der Waals surface area contributed by atoms with Crippen LogP contribution >= 0.6 is 0 Å². The topological polar surface area (TPSA) is 117 Å². The van der Waals surface area contributed by atoms with Gasteiger partial charge in [0.05, 0.1) is 36.7 Å². The highest BCUT2D eigenvalue weighted by Crippen LogP contribution is 2.64. The van der Waals surface area contributed by atoms with Gasteiger partial charge in [-0.2, -0.15) is 0 Å². The minimum absolute atomic E-state index is 0.162. The van der Waals surface area contributed by atoms with E-state index in [4.69, 9.17) is 9.47 Å². The maximum atomic E-state index is 14.6. The Morgan fingerprint density at radius 1 is 0.978 bits per heavy atom. The van der Waals surface area contributed by atoms with Gasteiger partial charge >= 0.3 is 0 Å². The second kappa shape index (κ2) is 12.1. The summed E-state index contributed by atoms with van der Waals surface area (Å²) in [6, 6.07) is 19.1. The largest absolute Gasteiger partial charge is 0.494 e. The number of rotatable bonds is 11. The summed E-state index contributed by atoms with van der Waals surface area (Å²) in [7, 11) is 0. The zero-order valence-corrected chi connectivity index (χ0v) is 26.4. The number of fused-ring (bicyclic) bond motifs is 2.